The number of rotatable bonds is 4. The minimum atomic E-state index is -0.477. The highest BCUT2D eigenvalue weighted by atomic mass is 32.2. The highest BCUT2D eigenvalue weighted by molar-refractivity contribution is 7.98. The van der Waals surface area contributed by atoms with E-state index in [4.69, 9.17) is 4.74 Å². The molecule has 7 heteroatoms. The number of aryl methyl sites for hydroxylation is 1. The molecule has 2 heterocycles. The van der Waals surface area contributed by atoms with Crippen molar-refractivity contribution in [2.45, 2.75) is 24.1 Å². The summed E-state index contributed by atoms with van der Waals surface area (Å²) in [5, 5.41) is 22.4. The van der Waals surface area contributed by atoms with Gasteiger partial charge in [-0.05, 0) is 42.8 Å². The van der Waals surface area contributed by atoms with Crippen molar-refractivity contribution in [1.82, 2.24) is 15.2 Å². The Morgan fingerprint density at radius 3 is 2.55 bits per heavy atom. The van der Waals surface area contributed by atoms with E-state index < -0.39 is 6.23 Å². The number of aromatic nitrogens is 3. The summed E-state index contributed by atoms with van der Waals surface area (Å²) in [7, 11) is 0. The lowest BCUT2D eigenvalue weighted by atomic mass is 10.1. The van der Waals surface area contributed by atoms with Crippen molar-refractivity contribution in [1.29, 1.82) is 0 Å². The average Bonchev–Trinajstić information content (AvgIpc) is 2.96. The van der Waals surface area contributed by atoms with Crippen LogP contribution in [0.25, 0.3) is 11.3 Å². The standard InChI is InChI=1S/C24H20N4O2S/c1-15-6-8-16(9-7-15)14-31-24-26-23-21(27-28-24)19-4-2-3-5-20(19)25-22(30-23)17-10-12-18(29)13-11-17/h2-13,22,25,29H,14H2,1H3/t22-/m0/s1. The summed E-state index contributed by atoms with van der Waals surface area (Å²) in [6, 6.07) is 23.2. The number of anilines is 1. The van der Waals surface area contributed by atoms with Gasteiger partial charge in [0.1, 0.15) is 5.75 Å². The Morgan fingerprint density at radius 2 is 1.74 bits per heavy atom. The van der Waals surface area contributed by atoms with E-state index in [2.05, 4.69) is 51.7 Å². The fourth-order valence-electron chi connectivity index (χ4n) is 3.34. The van der Waals surface area contributed by atoms with Gasteiger partial charge in [-0.25, -0.2) is 0 Å². The number of ether oxygens (including phenoxy) is 1. The molecule has 0 fully saturated rings. The lowest BCUT2D eigenvalue weighted by Crippen LogP contribution is -2.17. The maximum Gasteiger partial charge on any atom is 0.247 e. The molecule has 4 aromatic rings. The molecule has 154 valence electrons. The van der Waals surface area contributed by atoms with Crippen LogP contribution in [-0.4, -0.2) is 20.3 Å². The molecule has 0 saturated heterocycles. The monoisotopic (exact) mass is 428 g/mol. The first kappa shape index (κ1) is 19.4. The van der Waals surface area contributed by atoms with Gasteiger partial charge in [0.15, 0.2) is 11.9 Å². The first-order valence-electron chi connectivity index (χ1n) is 9.90. The summed E-state index contributed by atoms with van der Waals surface area (Å²) in [6.45, 7) is 2.07. The fraction of sp³-hybridized carbons (Fsp3) is 0.125. The summed E-state index contributed by atoms with van der Waals surface area (Å²) in [6.07, 6.45) is -0.477. The van der Waals surface area contributed by atoms with Crippen molar-refractivity contribution < 1.29 is 9.84 Å². The average molecular weight is 429 g/mol. The fourth-order valence-corrected chi connectivity index (χ4v) is 4.07. The van der Waals surface area contributed by atoms with Gasteiger partial charge in [0.2, 0.25) is 11.0 Å². The number of hydrogen-bond acceptors (Lipinski definition) is 7. The first-order valence-corrected chi connectivity index (χ1v) is 10.9. The van der Waals surface area contributed by atoms with E-state index in [1.807, 2.05) is 36.4 Å². The Bertz CT molecular complexity index is 1210. The Labute approximate surface area is 184 Å². The Hall–Kier alpha value is -3.58. The van der Waals surface area contributed by atoms with Crippen molar-refractivity contribution in [3.63, 3.8) is 0 Å². The lowest BCUT2D eigenvalue weighted by molar-refractivity contribution is 0.225. The highest BCUT2D eigenvalue weighted by Crippen LogP contribution is 2.39. The van der Waals surface area contributed by atoms with E-state index in [0.717, 1.165) is 22.6 Å². The molecule has 1 aliphatic heterocycles. The van der Waals surface area contributed by atoms with Crippen LogP contribution in [0.1, 0.15) is 22.9 Å². The molecule has 5 rings (SSSR count). The molecule has 6 nitrogen and oxygen atoms in total. The number of thioether (sulfide) groups is 1. The zero-order chi connectivity index (χ0) is 21.2. The van der Waals surface area contributed by atoms with Gasteiger partial charge in [0, 0.05) is 22.6 Å². The lowest BCUT2D eigenvalue weighted by Gasteiger charge is -2.19. The van der Waals surface area contributed by atoms with Crippen molar-refractivity contribution >= 4 is 17.4 Å². The molecule has 31 heavy (non-hydrogen) atoms. The van der Waals surface area contributed by atoms with E-state index in [0.29, 0.717) is 16.7 Å². The summed E-state index contributed by atoms with van der Waals surface area (Å²) in [4.78, 5) is 4.68. The maximum absolute atomic E-state index is 9.64. The first-order chi connectivity index (χ1) is 15.2. The van der Waals surface area contributed by atoms with E-state index >= 15 is 0 Å². The predicted molar refractivity (Wildman–Crippen MR) is 121 cm³/mol. The SMILES string of the molecule is Cc1ccc(CSc2nnc3c(n2)O[C@@H](c2ccc(O)cc2)Nc2ccccc2-3)cc1. The number of fused-ring (bicyclic) bond motifs is 3. The second-order valence-corrected chi connectivity index (χ2v) is 8.24. The molecule has 0 bridgehead atoms. The van der Waals surface area contributed by atoms with E-state index in [1.54, 1.807) is 12.1 Å². The van der Waals surface area contributed by atoms with Crippen LogP contribution < -0.4 is 10.1 Å². The molecule has 0 amide bonds. The third-order valence-corrected chi connectivity index (χ3v) is 5.93. The Kier molecular flexibility index (Phi) is 5.18. The number of para-hydroxylation sites is 1. The molecule has 0 saturated carbocycles. The van der Waals surface area contributed by atoms with Crippen LogP contribution in [-0.2, 0) is 5.75 Å². The van der Waals surface area contributed by atoms with Gasteiger partial charge >= 0.3 is 0 Å². The Morgan fingerprint density at radius 1 is 0.968 bits per heavy atom. The molecule has 2 N–H and O–H groups in total. The number of nitrogens with zero attached hydrogens (tertiary/aromatic N) is 3. The maximum atomic E-state index is 9.64. The Balaban J connectivity index is 1.47. The van der Waals surface area contributed by atoms with Crippen LogP contribution in [0.4, 0.5) is 5.69 Å². The molecule has 0 radical (unpaired) electrons. The predicted octanol–water partition coefficient (Wildman–Crippen LogP) is 5.35. The third-order valence-electron chi connectivity index (χ3n) is 5.02. The van der Waals surface area contributed by atoms with E-state index in [1.165, 1.54) is 22.9 Å². The summed E-state index contributed by atoms with van der Waals surface area (Å²) in [5.74, 6) is 1.38. The van der Waals surface area contributed by atoms with Crippen LogP contribution in [0.2, 0.25) is 0 Å². The number of phenols is 1. The normalized spacial score (nSPS) is 14.5. The van der Waals surface area contributed by atoms with Crippen molar-refractivity contribution in [3.05, 3.63) is 89.5 Å². The topological polar surface area (TPSA) is 80.2 Å². The smallest absolute Gasteiger partial charge is 0.247 e. The van der Waals surface area contributed by atoms with Crippen LogP contribution in [0.5, 0.6) is 11.6 Å². The van der Waals surface area contributed by atoms with Crippen LogP contribution in [0, 0.1) is 6.92 Å². The molecular weight excluding hydrogens is 408 g/mol. The molecular formula is C24H20N4O2S. The van der Waals surface area contributed by atoms with Gasteiger partial charge < -0.3 is 15.2 Å². The van der Waals surface area contributed by atoms with Crippen LogP contribution in [0.15, 0.2) is 78.0 Å². The molecule has 0 spiro atoms. The summed E-state index contributed by atoms with van der Waals surface area (Å²) >= 11 is 1.52. The van der Waals surface area contributed by atoms with Gasteiger partial charge in [-0.1, -0.05) is 59.8 Å². The summed E-state index contributed by atoms with van der Waals surface area (Å²) in [5.41, 5.74) is 5.67. The van der Waals surface area contributed by atoms with E-state index in [9.17, 15) is 5.11 Å². The number of aromatic hydroxyl groups is 1. The van der Waals surface area contributed by atoms with E-state index in [-0.39, 0.29) is 5.75 Å². The third kappa shape index (κ3) is 4.18. The van der Waals surface area contributed by atoms with Gasteiger partial charge in [-0.2, -0.15) is 4.98 Å². The van der Waals surface area contributed by atoms with Crippen molar-refractivity contribution in [2.75, 3.05) is 5.32 Å². The van der Waals surface area contributed by atoms with Gasteiger partial charge in [-0.3, -0.25) is 0 Å². The molecule has 1 aliphatic rings. The van der Waals surface area contributed by atoms with Crippen LogP contribution in [0.3, 0.4) is 0 Å². The molecule has 1 atom stereocenters. The minimum absolute atomic E-state index is 0.206. The number of hydrogen-bond donors (Lipinski definition) is 2. The largest absolute Gasteiger partial charge is 0.508 e. The van der Waals surface area contributed by atoms with Crippen molar-refractivity contribution in [3.8, 4) is 22.9 Å². The summed E-state index contributed by atoms with van der Waals surface area (Å²) < 4.78 is 6.25. The molecule has 1 aromatic heterocycles. The molecule has 0 unspecified atom stereocenters. The highest BCUT2D eigenvalue weighted by Gasteiger charge is 2.26. The van der Waals surface area contributed by atoms with Gasteiger partial charge in [0.25, 0.3) is 0 Å². The van der Waals surface area contributed by atoms with Gasteiger partial charge in [0.05, 0.1) is 0 Å². The quantitative estimate of drug-likeness (QED) is 0.424. The minimum Gasteiger partial charge on any atom is -0.508 e. The van der Waals surface area contributed by atoms with Crippen LogP contribution >= 0.6 is 11.8 Å². The number of phenolic OH excluding ortho intramolecular Hbond substituents is 1. The van der Waals surface area contributed by atoms with Crippen molar-refractivity contribution in [2.24, 2.45) is 0 Å². The zero-order valence-corrected chi connectivity index (χ0v) is 17.6. The molecule has 3 aromatic carbocycles. The number of nitrogens with one attached hydrogen (secondary N) is 1. The van der Waals surface area contributed by atoms with Gasteiger partial charge in [-0.15, -0.1) is 10.2 Å². The molecule has 0 aliphatic carbocycles. The second kappa shape index (κ2) is 8.28. The second-order valence-electron chi connectivity index (χ2n) is 7.30. The number of benzene rings is 3. The zero-order valence-electron chi connectivity index (χ0n) is 16.8.